The number of aromatic nitrogens is 1. The molecule has 0 fully saturated rings. The van der Waals surface area contributed by atoms with Crippen molar-refractivity contribution in [1.29, 1.82) is 0 Å². The normalized spacial score (nSPS) is 10.7. The van der Waals surface area contributed by atoms with Crippen molar-refractivity contribution in [3.63, 3.8) is 0 Å². The number of aromatic carboxylic acids is 1. The lowest BCUT2D eigenvalue weighted by Crippen LogP contribution is -2.07. The van der Waals surface area contributed by atoms with Crippen LogP contribution in [0.15, 0.2) is 47.0 Å². The molecule has 5 nitrogen and oxygen atoms in total. The summed E-state index contributed by atoms with van der Waals surface area (Å²) in [6.07, 6.45) is 1.38. The molecule has 0 radical (unpaired) electrons. The molecule has 0 aliphatic carbocycles. The van der Waals surface area contributed by atoms with Crippen molar-refractivity contribution in [2.75, 3.05) is 5.32 Å². The predicted molar refractivity (Wildman–Crippen MR) is 79.5 cm³/mol. The van der Waals surface area contributed by atoms with E-state index < -0.39 is 5.97 Å². The lowest BCUT2D eigenvalue weighted by atomic mass is 10.1. The van der Waals surface area contributed by atoms with Gasteiger partial charge in [-0.25, -0.2) is 4.79 Å². The average molecular weight is 282 g/mol. The number of nitrogens with zero attached hydrogens (tertiary/aromatic N) is 1. The van der Waals surface area contributed by atoms with Crippen LogP contribution in [-0.4, -0.2) is 16.1 Å². The minimum Gasteiger partial charge on any atom is -0.478 e. The molecule has 3 rings (SSSR count). The second-order valence-corrected chi connectivity index (χ2v) is 4.74. The molecule has 1 aromatic carbocycles. The molecule has 0 saturated heterocycles. The molecule has 2 heterocycles. The van der Waals surface area contributed by atoms with Gasteiger partial charge < -0.3 is 14.8 Å². The standard InChI is InChI=1S/C16H14N2O3/c1-10-6-7-11(21-10)8-18-15-12-4-2-3-5-14(12)17-9-13(15)16(19)20/h2-7,9H,8H2,1H3,(H,17,18)(H,19,20). The molecule has 3 aromatic rings. The number of carboxylic acid groups (broad SMARTS) is 1. The van der Waals surface area contributed by atoms with Crippen LogP contribution in [0.25, 0.3) is 10.9 Å². The monoisotopic (exact) mass is 282 g/mol. The maximum atomic E-state index is 11.4. The summed E-state index contributed by atoms with van der Waals surface area (Å²) in [4.78, 5) is 15.6. The highest BCUT2D eigenvalue weighted by Crippen LogP contribution is 2.26. The van der Waals surface area contributed by atoms with Crippen LogP contribution in [0.2, 0.25) is 0 Å². The van der Waals surface area contributed by atoms with E-state index in [0.29, 0.717) is 12.2 Å². The Morgan fingerprint density at radius 1 is 1.29 bits per heavy atom. The number of nitrogens with one attached hydrogen (secondary N) is 1. The third-order valence-electron chi connectivity index (χ3n) is 3.24. The Labute approximate surface area is 121 Å². The van der Waals surface area contributed by atoms with Crippen molar-refractivity contribution in [2.45, 2.75) is 13.5 Å². The molecular weight excluding hydrogens is 268 g/mol. The van der Waals surface area contributed by atoms with Gasteiger partial charge >= 0.3 is 5.97 Å². The predicted octanol–water partition coefficient (Wildman–Crippen LogP) is 3.45. The first-order valence-corrected chi connectivity index (χ1v) is 6.55. The topological polar surface area (TPSA) is 75.4 Å². The Morgan fingerprint density at radius 2 is 2.10 bits per heavy atom. The Morgan fingerprint density at radius 3 is 2.81 bits per heavy atom. The summed E-state index contributed by atoms with van der Waals surface area (Å²) >= 11 is 0. The number of carboxylic acids is 1. The molecule has 0 spiro atoms. The van der Waals surface area contributed by atoms with Gasteiger partial charge in [-0.05, 0) is 25.1 Å². The average Bonchev–Trinajstić information content (AvgIpc) is 2.90. The Kier molecular flexibility index (Phi) is 3.31. The summed E-state index contributed by atoms with van der Waals surface area (Å²) in [5, 5.41) is 13.3. The number of anilines is 1. The van der Waals surface area contributed by atoms with E-state index in [4.69, 9.17) is 4.42 Å². The maximum absolute atomic E-state index is 11.4. The Hall–Kier alpha value is -2.82. The van der Waals surface area contributed by atoms with Gasteiger partial charge in [0.2, 0.25) is 0 Å². The molecule has 0 saturated carbocycles. The SMILES string of the molecule is Cc1ccc(CNc2c(C(=O)O)cnc3ccccc23)o1. The highest BCUT2D eigenvalue weighted by molar-refractivity contribution is 6.04. The van der Waals surface area contributed by atoms with E-state index in [2.05, 4.69) is 10.3 Å². The van der Waals surface area contributed by atoms with Crippen molar-refractivity contribution in [3.05, 3.63) is 59.7 Å². The van der Waals surface area contributed by atoms with Crippen molar-refractivity contribution < 1.29 is 14.3 Å². The Bertz CT molecular complexity index is 808. The molecule has 21 heavy (non-hydrogen) atoms. The van der Waals surface area contributed by atoms with E-state index in [0.717, 1.165) is 22.4 Å². The molecule has 2 aromatic heterocycles. The third kappa shape index (κ3) is 2.58. The van der Waals surface area contributed by atoms with Gasteiger partial charge in [0.25, 0.3) is 0 Å². The van der Waals surface area contributed by atoms with Crippen molar-refractivity contribution >= 4 is 22.6 Å². The lowest BCUT2D eigenvalue weighted by molar-refractivity contribution is 0.0697. The van der Waals surface area contributed by atoms with Crippen molar-refractivity contribution in [2.24, 2.45) is 0 Å². The number of rotatable bonds is 4. The number of fused-ring (bicyclic) bond motifs is 1. The Balaban J connectivity index is 2.01. The van der Waals surface area contributed by atoms with Crippen LogP contribution in [0.4, 0.5) is 5.69 Å². The summed E-state index contributed by atoms with van der Waals surface area (Å²) in [6, 6.07) is 11.2. The van der Waals surface area contributed by atoms with Gasteiger partial charge in [0.15, 0.2) is 0 Å². The van der Waals surface area contributed by atoms with Gasteiger partial charge in [0, 0.05) is 11.6 Å². The number of furan rings is 1. The van der Waals surface area contributed by atoms with E-state index in [1.54, 1.807) is 0 Å². The lowest BCUT2D eigenvalue weighted by Gasteiger charge is -2.11. The highest BCUT2D eigenvalue weighted by Gasteiger charge is 2.14. The summed E-state index contributed by atoms with van der Waals surface area (Å²) in [7, 11) is 0. The molecule has 5 heteroatoms. The molecule has 0 aliphatic heterocycles. The van der Waals surface area contributed by atoms with Crippen LogP contribution >= 0.6 is 0 Å². The number of para-hydroxylation sites is 1. The second kappa shape index (κ2) is 5.28. The molecule has 0 atom stereocenters. The van der Waals surface area contributed by atoms with E-state index in [-0.39, 0.29) is 5.56 Å². The van der Waals surface area contributed by atoms with Gasteiger partial charge in [-0.3, -0.25) is 4.98 Å². The van der Waals surface area contributed by atoms with Gasteiger partial charge in [0.1, 0.15) is 17.1 Å². The first-order valence-electron chi connectivity index (χ1n) is 6.55. The largest absolute Gasteiger partial charge is 0.478 e. The van der Waals surface area contributed by atoms with Crippen LogP contribution in [-0.2, 0) is 6.54 Å². The first kappa shape index (κ1) is 13.2. The second-order valence-electron chi connectivity index (χ2n) is 4.74. The van der Waals surface area contributed by atoms with Gasteiger partial charge in [-0.2, -0.15) is 0 Å². The number of pyridine rings is 1. The van der Waals surface area contributed by atoms with E-state index in [1.807, 2.05) is 43.3 Å². The molecule has 0 amide bonds. The van der Waals surface area contributed by atoms with Crippen LogP contribution in [0, 0.1) is 6.92 Å². The van der Waals surface area contributed by atoms with Gasteiger partial charge in [-0.1, -0.05) is 18.2 Å². The molecule has 2 N–H and O–H groups in total. The molecular formula is C16H14N2O3. The molecule has 0 unspecified atom stereocenters. The maximum Gasteiger partial charge on any atom is 0.339 e. The quantitative estimate of drug-likeness (QED) is 0.766. The van der Waals surface area contributed by atoms with E-state index in [1.165, 1.54) is 6.20 Å². The van der Waals surface area contributed by atoms with E-state index >= 15 is 0 Å². The summed E-state index contributed by atoms with van der Waals surface area (Å²) in [5.41, 5.74) is 1.46. The van der Waals surface area contributed by atoms with Crippen molar-refractivity contribution in [3.8, 4) is 0 Å². The van der Waals surface area contributed by atoms with Crippen molar-refractivity contribution in [1.82, 2.24) is 4.98 Å². The minimum absolute atomic E-state index is 0.150. The van der Waals surface area contributed by atoms with Crippen LogP contribution in [0.5, 0.6) is 0 Å². The number of benzene rings is 1. The van der Waals surface area contributed by atoms with Crippen LogP contribution < -0.4 is 5.32 Å². The number of carbonyl (C=O) groups is 1. The molecule has 106 valence electrons. The zero-order valence-electron chi connectivity index (χ0n) is 11.5. The fourth-order valence-corrected chi connectivity index (χ4v) is 2.25. The minimum atomic E-state index is -1.01. The fraction of sp³-hybridized carbons (Fsp3) is 0.125. The fourth-order valence-electron chi connectivity index (χ4n) is 2.25. The third-order valence-corrected chi connectivity index (χ3v) is 3.24. The zero-order chi connectivity index (χ0) is 14.8. The van der Waals surface area contributed by atoms with Crippen LogP contribution in [0.1, 0.15) is 21.9 Å². The molecule has 0 bridgehead atoms. The van der Waals surface area contributed by atoms with E-state index in [9.17, 15) is 9.90 Å². The summed E-state index contributed by atoms with van der Waals surface area (Å²) in [6.45, 7) is 2.29. The summed E-state index contributed by atoms with van der Waals surface area (Å²) < 4.78 is 5.49. The smallest absolute Gasteiger partial charge is 0.339 e. The van der Waals surface area contributed by atoms with Gasteiger partial charge in [-0.15, -0.1) is 0 Å². The number of aryl methyl sites for hydroxylation is 1. The number of hydrogen-bond donors (Lipinski definition) is 2. The summed E-state index contributed by atoms with van der Waals surface area (Å²) in [5.74, 6) is 0.570. The molecule has 0 aliphatic rings. The zero-order valence-corrected chi connectivity index (χ0v) is 11.5. The first-order chi connectivity index (χ1) is 10.1. The highest BCUT2D eigenvalue weighted by atomic mass is 16.4. The van der Waals surface area contributed by atoms with Crippen LogP contribution in [0.3, 0.4) is 0 Å². The van der Waals surface area contributed by atoms with Gasteiger partial charge in [0.05, 0.1) is 17.7 Å². The number of hydrogen-bond acceptors (Lipinski definition) is 4.